The van der Waals surface area contributed by atoms with Crippen LogP contribution in [0.5, 0.6) is 5.75 Å². The summed E-state index contributed by atoms with van der Waals surface area (Å²) in [4.78, 5) is 25.9. The van der Waals surface area contributed by atoms with E-state index in [1.54, 1.807) is 18.0 Å². The highest BCUT2D eigenvalue weighted by Crippen LogP contribution is 2.25. The molecule has 2 heterocycles. The van der Waals surface area contributed by atoms with E-state index >= 15 is 0 Å². The lowest BCUT2D eigenvalue weighted by atomic mass is 10.2. The third-order valence-corrected chi connectivity index (χ3v) is 5.84. The SMILES string of the molecule is CCn1c(CSc2nccc(C)n2)nc2cc(NC(=O)COc3ccccc3C)ccc21. The fraction of sp³-hybridized carbons (Fsp3) is 0.250. The van der Waals surface area contributed by atoms with Gasteiger partial charge in [0.05, 0.1) is 16.8 Å². The number of ether oxygens (including phenoxy) is 1. The number of thioether (sulfide) groups is 1. The molecule has 0 spiro atoms. The van der Waals surface area contributed by atoms with Crippen LogP contribution in [-0.4, -0.2) is 32.0 Å². The number of carbonyl (C=O) groups excluding carboxylic acids is 1. The maximum Gasteiger partial charge on any atom is 0.262 e. The van der Waals surface area contributed by atoms with Crippen LogP contribution in [-0.2, 0) is 17.1 Å². The van der Waals surface area contributed by atoms with Gasteiger partial charge >= 0.3 is 0 Å². The highest BCUT2D eigenvalue weighted by atomic mass is 32.2. The molecule has 4 rings (SSSR count). The quantitative estimate of drug-likeness (QED) is 0.309. The molecule has 0 aliphatic rings. The van der Waals surface area contributed by atoms with Gasteiger partial charge in [-0.25, -0.2) is 15.0 Å². The minimum Gasteiger partial charge on any atom is -0.483 e. The number of aryl methyl sites for hydroxylation is 3. The van der Waals surface area contributed by atoms with Crippen molar-refractivity contribution in [2.75, 3.05) is 11.9 Å². The Labute approximate surface area is 191 Å². The fourth-order valence-corrected chi connectivity index (χ4v) is 4.23. The number of anilines is 1. The standard InChI is InChI=1S/C24H25N5O2S/c1-4-29-20-10-9-18(27-23(30)14-31-21-8-6-5-7-16(21)2)13-19(20)28-22(29)15-32-24-25-12-11-17(3)26-24/h5-13H,4,14-15H2,1-3H3,(H,27,30). The third kappa shape index (κ3) is 5.08. The predicted octanol–water partition coefficient (Wildman–Crippen LogP) is 4.77. The van der Waals surface area contributed by atoms with Gasteiger partial charge in [0.25, 0.3) is 5.91 Å². The van der Waals surface area contributed by atoms with Crippen LogP contribution in [0.4, 0.5) is 5.69 Å². The number of para-hydroxylation sites is 1. The number of amides is 1. The molecule has 7 nitrogen and oxygen atoms in total. The van der Waals surface area contributed by atoms with E-state index in [1.807, 2.05) is 62.4 Å². The second-order valence-corrected chi connectivity index (χ2v) is 8.29. The maximum absolute atomic E-state index is 12.4. The molecule has 0 aliphatic carbocycles. The first-order chi connectivity index (χ1) is 15.5. The molecule has 1 N–H and O–H groups in total. The van der Waals surface area contributed by atoms with E-state index in [2.05, 4.69) is 26.8 Å². The Morgan fingerprint density at radius 2 is 1.97 bits per heavy atom. The van der Waals surface area contributed by atoms with Gasteiger partial charge in [-0.2, -0.15) is 0 Å². The van der Waals surface area contributed by atoms with Crippen LogP contribution in [0, 0.1) is 13.8 Å². The van der Waals surface area contributed by atoms with Gasteiger partial charge in [-0.15, -0.1) is 0 Å². The lowest BCUT2D eigenvalue weighted by Gasteiger charge is -2.09. The molecule has 0 saturated carbocycles. The highest BCUT2D eigenvalue weighted by Gasteiger charge is 2.13. The molecule has 8 heteroatoms. The van der Waals surface area contributed by atoms with Gasteiger partial charge in [0.1, 0.15) is 11.6 Å². The lowest BCUT2D eigenvalue weighted by molar-refractivity contribution is -0.118. The summed E-state index contributed by atoms with van der Waals surface area (Å²) in [5, 5.41) is 3.63. The van der Waals surface area contributed by atoms with E-state index in [0.717, 1.165) is 39.8 Å². The zero-order valence-corrected chi connectivity index (χ0v) is 19.1. The van der Waals surface area contributed by atoms with Crippen molar-refractivity contribution in [2.45, 2.75) is 38.2 Å². The van der Waals surface area contributed by atoms with Gasteiger partial charge in [0.2, 0.25) is 0 Å². The summed E-state index contributed by atoms with van der Waals surface area (Å²) in [6, 6.07) is 15.3. The Morgan fingerprint density at radius 3 is 2.75 bits per heavy atom. The molecule has 0 fully saturated rings. The average molecular weight is 448 g/mol. The first kappa shape index (κ1) is 21.8. The number of hydrogen-bond acceptors (Lipinski definition) is 6. The molecule has 0 radical (unpaired) electrons. The smallest absolute Gasteiger partial charge is 0.262 e. The van der Waals surface area contributed by atoms with Crippen molar-refractivity contribution >= 4 is 34.4 Å². The molecular weight excluding hydrogens is 422 g/mol. The molecule has 164 valence electrons. The second-order valence-electron chi connectivity index (χ2n) is 7.35. The molecule has 1 amide bonds. The van der Waals surface area contributed by atoms with Crippen molar-refractivity contribution in [3.63, 3.8) is 0 Å². The van der Waals surface area contributed by atoms with Crippen molar-refractivity contribution in [3.05, 3.63) is 71.8 Å². The number of hydrogen-bond donors (Lipinski definition) is 1. The topological polar surface area (TPSA) is 81.9 Å². The number of rotatable bonds is 8. The fourth-order valence-electron chi connectivity index (χ4n) is 3.40. The largest absolute Gasteiger partial charge is 0.483 e. The maximum atomic E-state index is 12.4. The summed E-state index contributed by atoms with van der Waals surface area (Å²) >= 11 is 1.56. The molecule has 32 heavy (non-hydrogen) atoms. The highest BCUT2D eigenvalue weighted by molar-refractivity contribution is 7.98. The van der Waals surface area contributed by atoms with Crippen molar-refractivity contribution < 1.29 is 9.53 Å². The summed E-state index contributed by atoms with van der Waals surface area (Å²) < 4.78 is 7.81. The van der Waals surface area contributed by atoms with E-state index < -0.39 is 0 Å². The number of nitrogens with one attached hydrogen (secondary N) is 1. The Bertz CT molecular complexity index is 1250. The van der Waals surface area contributed by atoms with Crippen molar-refractivity contribution in [1.29, 1.82) is 0 Å². The normalized spacial score (nSPS) is 11.0. The van der Waals surface area contributed by atoms with Gasteiger partial charge < -0.3 is 14.6 Å². The first-order valence-electron chi connectivity index (χ1n) is 10.4. The molecule has 2 aromatic carbocycles. The number of benzene rings is 2. The van der Waals surface area contributed by atoms with Crippen molar-refractivity contribution in [1.82, 2.24) is 19.5 Å². The molecule has 0 aliphatic heterocycles. The van der Waals surface area contributed by atoms with Gasteiger partial charge in [0, 0.05) is 24.1 Å². The molecule has 2 aromatic heterocycles. The van der Waals surface area contributed by atoms with Crippen molar-refractivity contribution in [3.8, 4) is 5.75 Å². The van der Waals surface area contributed by atoms with Crippen LogP contribution in [0.2, 0.25) is 0 Å². The third-order valence-electron chi connectivity index (χ3n) is 4.98. The number of nitrogens with zero attached hydrogens (tertiary/aromatic N) is 4. The number of fused-ring (bicyclic) bond motifs is 1. The Morgan fingerprint density at radius 1 is 1.12 bits per heavy atom. The Kier molecular flexibility index (Phi) is 6.70. The van der Waals surface area contributed by atoms with Gasteiger partial charge in [-0.1, -0.05) is 30.0 Å². The molecule has 0 atom stereocenters. The summed E-state index contributed by atoms with van der Waals surface area (Å²) in [5.74, 6) is 2.11. The second kappa shape index (κ2) is 9.82. The Hall–Kier alpha value is -3.39. The average Bonchev–Trinajstić information content (AvgIpc) is 3.14. The summed E-state index contributed by atoms with van der Waals surface area (Å²) in [6.07, 6.45) is 1.77. The Balaban J connectivity index is 1.45. The van der Waals surface area contributed by atoms with Crippen LogP contribution in [0.3, 0.4) is 0 Å². The molecule has 0 bridgehead atoms. The predicted molar refractivity (Wildman–Crippen MR) is 127 cm³/mol. The minimum atomic E-state index is -0.213. The van der Waals surface area contributed by atoms with E-state index in [4.69, 9.17) is 9.72 Å². The molecule has 0 saturated heterocycles. The molecular formula is C24H25N5O2S. The van der Waals surface area contributed by atoms with E-state index in [-0.39, 0.29) is 12.5 Å². The van der Waals surface area contributed by atoms with Crippen LogP contribution < -0.4 is 10.1 Å². The monoisotopic (exact) mass is 447 g/mol. The number of carbonyl (C=O) groups is 1. The van der Waals surface area contributed by atoms with Crippen LogP contribution in [0.15, 0.2) is 59.9 Å². The summed E-state index contributed by atoms with van der Waals surface area (Å²) in [6.45, 7) is 6.75. The molecule has 4 aromatic rings. The summed E-state index contributed by atoms with van der Waals surface area (Å²) in [7, 11) is 0. The van der Waals surface area contributed by atoms with Crippen molar-refractivity contribution in [2.24, 2.45) is 0 Å². The minimum absolute atomic E-state index is 0.0509. The van der Waals surface area contributed by atoms with E-state index in [0.29, 0.717) is 17.2 Å². The lowest BCUT2D eigenvalue weighted by Crippen LogP contribution is -2.20. The number of imidazole rings is 1. The van der Waals surface area contributed by atoms with E-state index in [1.165, 1.54) is 0 Å². The zero-order valence-electron chi connectivity index (χ0n) is 18.3. The molecule has 0 unspecified atom stereocenters. The van der Waals surface area contributed by atoms with Crippen LogP contribution in [0.25, 0.3) is 11.0 Å². The first-order valence-corrected chi connectivity index (χ1v) is 11.4. The van der Waals surface area contributed by atoms with Crippen LogP contribution >= 0.6 is 11.8 Å². The van der Waals surface area contributed by atoms with Gasteiger partial charge in [-0.05, 0) is 56.7 Å². The van der Waals surface area contributed by atoms with E-state index in [9.17, 15) is 4.79 Å². The summed E-state index contributed by atoms with van der Waals surface area (Å²) in [5.41, 5.74) is 4.50. The zero-order chi connectivity index (χ0) is 22.5. The van der Waals surface area contributed by atoms with Gasteiger partial charge in [-0.3, -0.25) is 4.79 Å². The van der Waals surface area contributed by atoms with Crippen LogP contribution in [0.1, 0.15) is 24.0 Å². The van der Waals surface area contributed by atoms with Gasteiger partial charge in [0.15, 0.2) is 11.8 Å². The number of aromatic nitrogens is 4.